The summed E-state index contributed by atoms with van der Waals surface area (Å²) >= 11 is 1.75. The zero-order chi connectivity index (χ0) is 18.2. The number of thiazole rings is 1. The Labute approximate surface area is 163 Å². The fraction of sp³-hybridized carbons (Fsp3) is 0.364. The van der Waals surface area contributed by atoms with Crippen molar-refractivity contribution >= 4 is 27.5 Å². The Kier molecular flexibility index (Phi) is 4.42. The Hall–Kier alpha value is -2.24. The number of fused-ring (bicyclic) bond motifs is 2. The van der Waals surface area contributed by atoms with Crippen molar-refractivity contribution in [2.24, 2.45) is 0 Å². The van der Waals surface area contributed by atoms with Gasteiger partial charge in [-0.25, -0.2) is 4.98 Å². The molecule has 2 aromatic carbocycles. The van der Waals surface area contributed by atoms with Gasteiger partial charge in [0, 0.05) is 11.5 Å². The van der Waals surface area contributed by atoms with Gasteiger partial charge in [-0.05, 0) is 68.1 Å². The van der Waals surface area contributed by atoms with Gasteiger partial charge in [-0.15, -0.1) is 11.3 Å². The van der Waals surface area contributed by atoms with Gasteiger partial charge >= 0.3 is 0 Å². The summed E-state index contributed by atoms with van der Waals surface area (Å²) in [5.41, 5.74) is 4.36. The molecule has 1 saturated heterocycles. The van der Waals surface area contributed by atoms with E-state index in [0.717, 1.165) is 54.6 Å². The van der Waals surface area contributed by atoms with Gasteiger partial charge in [0.25, 0.3) is 5.91 Å². The third-order valence-corrected chi connectivity index (χ3v) is 6.97. The molecule has 1 fully saturated rings. The quantitative estimate of drug-likeness (QED) is 0.720. The maximum absolute atomic E-state index is 12.8. The Morgan fingerprint density at radius 3 is 2.85 bits per heavy atom. The molecular weight excluding hydrogens is 354 g/mol. The first-order valence-corrected chi connectivity index (χ1v) is 10.6. The predicted molar refractivity (Wildman–Crippen MR) is 109 cm³/mol. The molecule has 0 spiro atoms. The van der Waals surface area contributed by atoms with E-state index in [-0.39, 0.29) is 11.9 Å². The van der Waals surface area contributed by atoms with E-state index in [4.69, 9.17) is 4.98 Å². The molecular formula is C22H23N3OS. The lowest BCUT2D eigenvalue weighted by molar-refractivity contribution is 0.0937. The Balaban J connectivity index is 1.36. The first kappa shape index (κ1) is 16.9. The summed E-state index contributed by atoms with van der Waals surface area (Å²) in [5.74, 6) is 0.561. The Morgan fingerprint density at radius 1 is 1.11 bits per heavy atom. The molecule has 2 aliphatic rings. The second kappa shape index (κ2) is 7.06. The first-order valence-electron chi connectivity index (χ1n) is 9.78. The Bertz CT molecular complexity index is 990. The SMILES string of the molecule is O=C(NC1CCc2ccccc21)c1ccc2nc(C3CCNCC3)sc2c1. The van der Waals surface area contributed by atoms with Crippen molar-refractivity contribution in [1.29, 1.82) is 0 Å². The molecule has 138 valence electrons. The number of amides is 1. The molecule has 1 amide bonds. The van der Waals surface area contributed by atoms with Crippen molar-refractivity contribution in [3.05, 3.63) is 64.2 Å². The standard InChI is InChI=1S/C22H23N3OS/c26-21(24-18-7-5-14-3-1-2-4-17(14)18)16-6-8-19-20(13-16)27-22(25-19)15-9-11-23-12-10-15/h1-4,6,8,13,15,18,23H,5,7,9-12H2,(H,24,26). The third kappa shape index (κ3) is 3.26. The molecule has 5 heteroatoms. The van der Waals surface area contributed by atoms with E-state index in [1.807, 2.05) is 18.2 Å². The van der Waals surface area contributed by atoms with Crippen LogP contribution in [0, 0.1) is 0 Å². The molecule has 3 aromatic rings. The fourth-order valence-electron chi connectivity index (χ4n) is 4.28. The van der Waals surface area contributed by atoms with Crippen molar-refractivity contribution in [3.63, 3.8) is 0 Å². The van der Waals surface area contributed by atoms with Crippen LogP contribution in [-0.2, 0) is 6.42 Å². The number of aryl methyl sites for hydroxylation is 1. The summed E-state index contributed by atoms with van der Waals surface area (Å²) in [4.78, 5) is 17.7. The van der Waals surface area contributed by atoms with E-state index >= 15 is 0 Å². The smallest absolute Gasteiger partial charge is 0.251 e. The normalized spacial score (nSPS) is 19.9. The number of benzene rings is 2. The highest BCUT2D eigenvalue weighted by atomic mass is 32.1. The van der Waals surface area contributed by atoms with Gasteiger partial charge in [-0.2, -0.15) is 0 Å². The number of nitrogens with one attached hydrogen (secondary N) is 2. The summed E-state index contributed by atoms with van der Waals surface area (Å²) < 4.78 is 1.11. The minimum absolute atomic E-state index is 0.00965. The third-order valence-electron chi connectivity index (χ3n) is 5.79. The van der Waals surface area contributed by atoms with Gasteiger partial charge in [-0.1, -0.05) is 24.3 Å². The highest BCUT2D eigenvalue weighted by molar-refractivity contribution is 7.18. The van der Waals surface area contributed by atoms with Crippen LogP contribution in [0.3, 0.4) is 0 Å². The van der Waals surface area contributed by atoms with Gasteiger partial charge in [0.1, 0.15) is 0 Å². The van der Waals surface area contributed by atoms with Crippen LogP contribution in [0.15, 0.2) is 42.5 Å². The number of hydrogen-bond donors (Lipinski definition) is 2. The number of rotatable bonds is 3. The van der Waals surface area contributed by atoms with E-state index in [0.29, 0.717) is 5.92 Å². The molecule has 5 rings (SSSR count). The van der Waals surface area contributed by atoms with Crippen LogP contribution in [0.5, 0.6) is 0 Å². The molecule has 0 radical (unpaired) electrons. The van der Waals surface area contributed by atoms with Crippen LogP contribution in [-0.4, -0.2) is 24.0 Å². The lowest BCUT2D eigenvalue weighted by Crippen LogP contribution is -2.27. The second-order valence-electron chi connectivity index (χ2n) is 7.52. The van der Waals surface area contributed by atoms with Crippen LogP contribution >= 0.6 is 11.3 Å². The van der Waals surface area contributed by atoms with Gasteiger partial charge in [0.2, 0.25) is 0 Å². The monoisotopic (exact) mass is 377 g/mol. The van der Waals surface area contributed by atoms with Crippen molar-refractivity contribution in [2.45, 2.75) is 37.6 Å². The van der Waals surface area contributed by atoms with Crippen LogP contribution < -0.4 is 10.6 Å². The summed E-state index contributed by atoms with van der Waals surface area (Å²) in [6.07, 6.45) is 4.31. The number of piperidine rings is 1. The zero-order valence-corrected chi connectivity index (χ0v) is 16.0. The summed E-state index contributed by atoms with van der Waals surface area (Å²) in [7, 11) is 0. The largest absolute Gasteiger partial charge is 0.345 e. The molecule has 27 heavy (non-hydrogen) atoms. The molecule has 1 aliphatic carbocycles. The number of nitrogens with zero attached hydrogens (tertiary/aromatic N) is 1. The van der Waals surface area contributed by atoms with Crippen LogP contribution in [0.4, 0.5) is 0 Å². The average Bonchev–Trinajstić information content (AvgIpc) is 3.32. The molecule has 0 saturated carbocycles. The molecule has 1 unspecified atom stereocenters. The minimum Gasteiger partial charge on any atom is -0.345 e. The predicted octanol–water partition coefficient (Wildman–Crippen LogP) is 4.18. The summed E-state index contributed by atoms with van der Waals surface area (Å²) in [5, 5.41) is 7.85. The van der Waals surface area contributed by atoms with Gasteiger partial charge < -0.3 is 10.6 Å². The van der Waals surface area contributed by atoms with E-state index in [2.05, 4.69) is 34.9 Å². The molecule has 4 nitrogen and oxygen atoms in total. The lowest BCUT2D eigenvalue weighted by atomic mass is 9.99. The van der Waals surface area contributed by atoms with Crippen molar-refractivity contribution in [2.75, 3.05) is 13.1 Å². The van der Waals surface area contributed by atoms with Gasteiger partial charge in [0.05, 0.1) is 21.3 Å². The van der Waals surface area contributed by atoms with Crippen LogP contribution in [0.2, 0.25) is 0 Å². The van der Waals surface area contributed by atoms with E-state index in [9.17, 15) is 4.79 Å². The number of hydrogen-bond acceptors (Lipinski definition) is 4. The van der Waals surface area contributed by atoms with Crippen molar-refractivity contribution < 1.29 is 4.79 Å². The van der Waals surface area contributed by atoms with Gasteiger partial charge in [0.15, 0.2) is 0 Å². The van der Waals surface area contributed by atoms with E-state index in [1.165, 1.54) is 16.1 Å². The lowest BCUT2D eigenvalue weighted by Gasteiger charge is -2.20. The maximum Gasteiger partial charge on any atom is 0.251 e. The topological polar surface area (TPSA) is 54.0 Å². The molecule has 2 heterocycles. The number of aromatic nitrogens is 1. The van der Waals surface area contributed by atoms with E-state index in [1.54, 1.807) is 11.3 Å². The summed E-state index contributed by atoms with van der Waals surface area (Å²) in [6.45, 7) is 2.13. The zero-order valence-electron chi connectivity index (χ0n) is 15.2. The van der Waals surface area contributed by atoms with Crippen molar-refractivity contribution in [3.8, 4) is 0 Å². The molecule has 1 aliphatic heterocycles. The number of carbonyl (C=O) groups is 1. The fourth-order valence-corrected chi connectivity index (χ4v) is 5.45. The summed E-state index contributed by atoms with van der Waals surface area (Å²) in [6, 6.07) is 14.4. The van der Waals surface area contributed by atoms with Crippen LogP contribution in [0.25, 0.3) is 10.2 Å². The van der Waals surface area contributed by atoms with Gasteiger partial charge in [-0.3, -0.25) is 4.79 Å². The molecule has 0 bridgehead atoms. The molecule has 1 atom stereocenters. The minimum atomic E-state index is 0.00965. The maximum atomic E-state index is 12.8. The van der Waals surface area contributed by atoms with E-state index < -0.39 is 0 Å². The average molecular weight is 378 g/mol. The second-order valence-corrected chi connectivity index (χ2v) is 8.58. The molecule has 1 aromatic heterocycles. The van der Waals surface area contributed by atoms with Crippen LogP contribution in [0.1, 0.15) is 57.7 Å². The number of carbonyl (C=O) groups excluding carboxylic acids is 1. The first-order chi connectivity index (χ1) is 13.3. The highest BCUT2D eigenvalue weighted by Gasteiger charge is 2.24. The van der Waals surface area contributed by atoms with Crippen molar-refractivity contribution in [1.82, 2.24) is 15.6 Å². The Morgan fingerprint density at radius 2 is 1.96 bits per heavy atom. The highest BCUT2D eigenvalue weighted by Crippen LogP contribution is 2.34. The molecule has 2 N–H and O–H groups in total.